The maximum Gasteiger partial charge on any atom is 0.305 e. The van der Waals surface area contributed by atoms with Crippen LogP contribution in [0, 0.1) is 0 Å². The lowest BCUT2D eigenvalue weighted by molar-refractivity contribution is -0.146. The van der Waals surface area contributed by atoms with Crippen molar-refractivity contribution in [1.29, 1.82) is 0 Å². The van der Waals surface area contributed by atoms with Crippen LogP contribution in [0.3, 0.4) is 0 Å². The molecule has 8 heteroatoms. The molecule has 1 saturated heterocycles. The van der Waals surface area contributed by atoms with E-state index >= 15 is 0 Å². The van der Waals surface area contributed by atoms with Crippen LogP contribution in [0.25, 0.3) is 0 Å². The van der Waals surface area contributed by atoms with E-state index < -0.39 is 0 Å². The van der Waals surface area contributed by atoms with Gasteiger partial charge in [0.1, 0.15) is 0 Å². The second kappa shape index (κ2) is 23.3. The number of ether oxygens (including phenoxy) is 4. The van der Waals surface area contributed by atoms with E-state index in [1.54, 1.807) is 0 Å². The molecule has 0 aromatic rings. The molecule has 0 bridgehead atoms. The molecule has 0 N–H and O–H groups in total. The van der Waals surface area contributed by atoms with Crippen molar-refractivity contribution in [3.63, 3.8) is 0 Å². The average molecular weight is 513 g/mol. The van der Waals surface area contributed by atoms with Crippen LogP contribution in [0.4, 0.5) is 0 Å². The monoisotopic (exact) mass is 512 g/mol. The van der Waals surface area contributed by atoms with E-state index in [4.69, 9.17) is 18.9 Å². The Labute approximate surface area is 217 Å². The third-order valence-electron chi connectivity index (χ3n) is 6.15. The van der Waals surface area contributed by atoms with E-state index in [1.165, 1.54) is 0 Å². The van der Waals surface area contributed by atoms with Crippen molar-refractivity contribution in [3.8, 4) is 0 Å². The minimum Gasteiger partial charge on any atom is -0.466 e. The zero-order valence-corrected chi connectivity index (χ0v) is 22.2. The molecule has 1 rings (SSSR count). The fourth-order valence-electron chi connectivity index (χ4n) is 3.93. The molecule has 8 nitrogen and oxygen atoms in total. The predicted molar refractivity (Wildman–Crippen MR) is 136 cm³/mol. The fraction of sp³-hybridized carbons (Fsp3) is 0.857. The SMILES string of the molecule is O=C1CCCCC(=O)OCCCCCCCCOC(=O)CCCCC(=O)OCCCCCCCCO1. The van der Waals surface area contributed by atoms with Crippen molar-refractivity contribution in [2.24, 2.45) is 0 Å². The Balaban J connectivity index is 2.23. The Morgan fingerprint density at radius 2 is 0.472 bits per heavy atom. The molecule has 1 fully saturated rings. The van der Waals surface area contributed by atoms with E-state index in [0.717, 1.165) is 77.0 Å². The first-order valence-electron chi connectivity index (χ1n) is 14.2. The molecule has 1 heterocycles. The summed E-state index contributed by atoms with van der Waals surface area (Å²) < 4.78 is 21.0. The zero-order chi connectivity index (χ0) is 26.1. The molecule has 0 aromatic carbocycles. The van der Waals surface area contributed by atoms with Gasteiger partial charge in [0.15, 0.2) is 0 Å². The molecular formula is C28H48O8. The van der Waals surface area contributed by atoms with Gasteiger partial charge < -0.3 is 18.9 Å². The lowest BCUT2D eigenvalue weighted by atomic mass is 10.1. The quantitative estimate of drug-likeness (QED) is 0.288. The summed E-state index contributed by atoms with van der Waals surface area (Å²) in [5.41, 5.74) is 0. The summed E-state index contributed by atoms with van der Waals surface area (Å²) in [6, 6.07) is 0. The van der Waals surface area contributed by atoms with Gasteiger partial charge in [-0.25, -0.2) is 0 Å². The third-order valence-corrected chi connectivity index (χ3v) is 6.15. The Bertz CT molecular complexity index is 500. The van der Waals surface area contributed by atoms with Crippen LogP contribution in [0.2, 0.25) is 0 Å². The van der Waals surface area contributed by atoms with Crippen molar-refractivity contribution in [2.45, 2.75) is 128 Å². The molecule has 0 aromatic heterocycles. The van der Waals surface area contributed by atoms with Crippen LogP contribution in [0.5, 0.6) is 0 Å². The average Bonchev–Trinajstić information content (AvgIpc) is 2.86. The number of carbonyl (C=O) groups is 4. The van der Waals surface area contributed by atoms with Crippen molar-refractivity contribution >= 4 is 23.9 Å². The maximum absolute atomic E-state index is 11.8. The zero-order valence-electron chi connectivity index (χ0n) is 22.2. The van der Waals surface area contributed by atoms with Crippen molar-refractivity contribution in [3.05, 3.63) is 0 Å². The Hall–Kier alpha value is -2.12. The highest BCUT2D eigenvalue weighted by Crippen LogP contribution is 2.10. The number of rotatable bonds is 0. The lowest BCUT2D eigenvalue weighted by Crippen LogP contribution is -2.08. The highest BCUT2D eigenvalue weighted by Gasteiger charge is 2.08. The van der Waals surface area contributed by atoms with E-state index in [0.29, 0.717) is 77.8 Å². The van der Waals surface area contributed by atoms with Gasteiger partial charge in [-0.2, -0.15) is 0 Å². The van der Waals surface area contributed by atoms with Crippen LogP contribution in [-0.4, -0.2) is 50.3 Å². The van der Waals surface area contributed by atoms with Crippen molar-refractivity contribution in [1.82, 2.24) is 0 Å². The summed E-state index contributed by atoms with van der Waals surface area (Å²) in [5.74, 6) is -0.799. The normalized spacial score (nSPS) is 22.0. The van der Waals surface area contributed by atoms with Gasteiger partial charge in [-0.1, -0.05) is 51.4 Å². The minimum atomic E-state index is -0.200. The van der Waals surface area contributed by atoms with Gasteiger partial charge in [-0.05, 0) is 51.4 Å². The van der Waals surface area contributed by atoms with Gasteiger partial charge >= 0.3 is 23.9 Å². The molecule has 0 aliphatic carbocycles. The van der Waals surface area contributed by atoms with E-state index in [1.807, 2.05) is 0 Å². The molecule has 0 atom stereocenters. The number of carbonyl (C=O) groups excluding carboxylic acids is 4. The molecule has 0 radical (unpaired) electrons. The summed E-state index contributed by atoms with van der Waals surface area (Å²) >= 11 is 0. The van der Waals surface area contributed by atoms with Crippen molar-refractivity contribution < 1.29 is 38.1 Å². The second-order valence-electron chi connectivity index (χ2n) is 9.54. The van der Waals surface area contributed by atoms with Gasteiger partial charge in [-0.3, -0.25) is 19.2 Å². The third kappa shape index (κ3) is 21.2. The molecule has 1 aliphatic rings. The largest absolute Gasteiger partial charge is 0.466 e. The van der Waals surface area contributed by atoms with Crippen LogP contribution >= 0.6 is 0 Å². The highest BCUT2D eigenvalue weighted by molar-refractivity contribution is 5.71. The molecule has 0 spiro atoms. The first kappa shape index (κ1) is 31.9. The van der Waals surface area contributed by atoms with Gasteiger partial charge in [0.2, 0.25) is 0 Å². The molecule has 1 aliphatic heterocycles. The van der Waals surface area contributed by atoms with Crippen molar-refractivity contribution in [2.75, 3.05) is 26.4 Å². The number of esters is 4. The lowest BCUT2D eigenvalue weighted by Gasteiger charge is -2.07. The summed E-state index contributed by atoms with van der Waals surface area (Å²) in [5, 5.41) is 0. The molecule has 208 valence electrons. The highest BCUT2D eigenvalue weighted by atomic mass is 16.5. The van der Waals surface area contributed by atoms with Crippen LogP contribution in [0.15, 0.2) is 0 Å². The first-order valence-corrected chi connectivity index (χ1v) is 14.2. The Morgan fingerprint density at radius 3 is 0.694 bits per heavy atom. The van der Waals surface area contributed by atoms with Crippen LogP contribution < -0.4 is 0 Å². The van der Waals surface area contributed by atoms with Gasteiger partial charge in [0, 0.05) is 25.7 Å². The minimum absolute atomic E-state index is 0.200. The summed E-state index contributed by atoms with van der Waals surface area (Å²) in [4.78, 5) is 47.1. The first-order chi connectivity index (χ1) is 17.6. The Morgan fingerprint density at radius 1 is 0.278 bits per heavy atom. The molecule has 36 heavy (non-hydrogen) atoms. The van der Waals surface area contributed by atoms with Gasteiger partial charge in [0.25, 0.3) is 0 Å². The summed E-state index contributed by atoms with van der Waals surface area (Å²) in [6.07, 6.45) is 15.5. The standard InChI is InChI=1S/C28H48O8/c29-25-17-9-10-19-27(31)35-23-15-7-3-4-8-16-24-36-28(32)20-12-11-18-26(30)34-22-14-6-2-1-5-13-21-33-25/h1-24H2. The van der Waals surface area contributed by atoms with E-state index in [2.05, 4.69) is 0 Å². The van der Waals surface area contributed by atoms with E-state index in [9.17, 15) is 19.2 Å². The van der Waals surface area contributed by atoms with Crippen LogP contribution in [0.1, 0.15) is 128 Å². The fourth-order valence-corrected chi connectivity index (χ4v) is 3.93. The number of hydrogen-bond donors (Lipinski definition) is 0. The number of hydrogen-bond acceptors (Lipinski definition) is 8. The smallest absolute Gasteiger partial charge is 0.305 e. The Kier molecular flexibility index (Phi) is 20.6. The second-order valence-corrected chi connectivity index (χ2v) is 9.54. The molecule has 0 saturated carbocycles. The van der Waals surface area contributed by atoms with E-state index in [-0.39, 0.29) is 23.9 Å². The maximum atomic E-state index is 11.8. The topological polar surface area (TPSA) is 105 Å². The molecule has 0 amide bonds. The number of cyclic esters (lactones) is 4. The predicted octanol–water partition coefficient (Wildman–Crippen LogP) is 5.97. The molecular weight excluding hydrogens is 464 g/mol. The van der Waals surface area contributed by atoms with Crippen LogP contribution in [-0.2, 0) is 38.1 Å². The molecule has 0 unspecified atom stereocenters. The van der Waals surface area contributed by atoms with Gasteiger partial charge in [0.05, 0.1) is 26.4 Å². The van der Waals surface area contributed by atoms with Gasteiger partial charge in [-0.15, -0.1) is 0 Å². The summed E-state index contributed by atoms with van der Waals surface area (Å²) in [6.45, 7) is 1.76. The summed E-state index contributed by atoms with van der Waals surface area (Å²) in [7, 11) is 0.